The van der Waals surface area contributed by atoms with Crippen LogP contribution in [0.1, 0.15) is 24.8 Å². The molecule has 0 aromatic heterocycles. The molecule has 1 aliphatic carbocycles. The predicted molar refractivity (Wildman–Crippen MR) is 99.4 cm³/mol. The van der Waals surface area contributed by atoms with Gasteiger partial charge in [-0.1, -0.05) is 12.1 Å². The highest BCUT2D eigenvalue weighted by Gasteiger charge is 2.34. The first-order valence-electron chi connectivity index (χ1n) is 7.58. The van der Waals surface area contributed by atoms with Crippen LogP contribution in [0.2, 0.25) is 0 Å². The number of hydrogen-bond acceptors (Lipinski definition) is 2. The number of anilines is 1. The zero-order chi connectivity index (χ0) is 13.9. The minimum absolute atomic E-state index is 0. The van der Waals surface area contributed by atoms with Crippen molar-refractivity contribution in [3.8, 4) is 0 Å². The standard InChI is InChI=1S/C16H24N4.HI/c1-12-3-2-4-14(9-12)19-16(17)18-10-13-7-8-20(11-13)15-5-6-15;/h2-4,9,13,15H,5-8,10-11H2,1H3,(H3,17,18,19);1H. The summed E-state index contributed by atoms with van der Waals surface area (Å²) in [4.78, 5) is 7.12. The smallest absolute Gasteiger partial charge is 0.193 e. The molecule has 1 saturated heterocycles. The van der Waals surface area contributed by atoms with Crippen molar-refractivity contribution in [2.45, 2.75) is 32.2 Å². The number of hydrogen-bond donors (Lipinski definition) is 2. The SMILES string of the molecule is Cc1cccc(NC(N)=NCC2CCN(C3CC3)C2)c1.I. The molecular weight excluding hydrogens is 375 g/mol. The highest BCUT2D eigenvalue weighted by atomic mass is 127. The summed E-state index contributed by atoms with van der Waals surface area (Å²) in [6, 6.07) is 9.07. The van der Waals surface area contributed by atoms with Crippen molar-refractivity contribution in [2.24, 2.45) is 16.6 Å². The molecule has 21 heavy (non-hydrogen) atoms. The first-order valence-corrected chi connectivity index (χ1v) is 7.58. The van der Waals surface area contributed by atoms with Crippen LogP contribution in [-0.4, -0.2) is 36.5 Å². The molecule has 1 aromatic carbocycles. The van der Waals surface area contributed by atoms with Gasteiger partial charge in [-0.15, -0.1) is 24.0 Å². The van der Waals surface area contributed by atoms with E-state index in [1.807, 2.05) is 12.1 Å². The lowest BCUT2D eigenvalue weighted by molar-refractivity contribution is 0.315. The molecule has 1 unspecified atom stereocenters. The van der Waals surface area contributed by atoms with Crippen molar-refractivity contribution in [1.29, 1.82) is 0 Å². The maximum Gasteiger partial charge on any atom is 0.193 e. The lowest BCUT2D eigenvalue weighted by atomic mass is 10.1. The second-order valence-corrected chi connectivity index (χ2v) is 6.10. The van der Waals surface area contributed by atoms with Gasteiger partial charge in [0.25, 0.3) is 0 Å². The van der Waals surface area contributed by atoms with Gasteiger partial charge in [-0.3, -0.25) is 4.99 Å². The van der Waals surface area contributed by atoms with Crippen LogP contribution in [0.3, 0.4) is 0 Å². The number of rotatable bonds is 4. The molecule has 0 spiro atoms. The zero-order valence-corrected chi connectivity index (χ0v) is 14.9. The largest absolute Gasteiger partial charge is 0.370 e. The van der Waals surface area contributed by atoms with E-state index in [9.17, 15) is 0 Å². The van der Waals surface area contributed by atoms with Gasteiger partial charge in [-0.2, -0.15) is 0 Å². The Morgan fingerprint density at radius 3 is 2.90 bits per heavy atom. The van der Waals surface area contributed by atoms with Crippen molar-refractivity contribution < 1.29 is 0 Å². The highest BCUT2D eigenvalue weighted by Crippen LogP contribution is 2.31. The summed E-state index contributed by atoms with van der Waals surface area (Å²) in [6.45, 7) is 5.36. The molecule has 1 aromatic rings. The summed E-state index contributed by atoms with van der Waals surface area (Å²) in [6.07, 6.45) is 4.05. The summed E-state index contributed by atoms with van der Waals surface area (Å²) in [5, 5.41) is 3.17. The molecule has 1 saturated carbocycles. The van der Waals surface area contributed by atoms with Gasteiger partial charge in [-0.25, -0.2) is 0 Å². The van der Waals surface area contributed by atoms with E-state index in [4.69, 9.17) is 5.73 Å². The van der Waals surface area contributed by atoms with Crippen molar-refractivity contribution in [3.63, 3.8) is 0 Å². The number of benzene rings is 1. The van der Waals surface area contributed by atoms with Gasteiger partial charge >= 0.3 is 0 Å². The molecule has 1 heterocycles. The highest BCUT2D eigenvalue weighted by molar-refractivity contribution is 14.0. The van der Waals surface area contributed by atoms with E-state index < -0.39 is 0 Å². The number of aliphatic imine (C=N–C) groups is 1. The second-order valence-electron chi connectivity index (χ2n) is 6.10. The third-order valence-corrected chi connectivity index (χ3v) is 4.19. The molecule has 0 radical (unpaired) electrons. The van der Waals surface area contributed by atoms with Crippen LogP contribution in [0.25, 0.3) is 0 Å². The second kappa shape index (κ2) is 7.45. The van der Waals surface area contributed by atoms with Crippen LogP contribution in [0.4, 0.5) is 5.69 Å². The van der Waals surface area contributed by atoms with E-state index >= 15 is 0 Å². The van der Waals surface area contributed by atoms with E-state index in [2.05, 4.69) is 34.3 Å². The third-order valence-electron chi connectivity index (χ3n) is 4.19. The van der Waals surface area contributed by atoms with Crippen LogP contribution < -0.4 is 11.1 Å². The summed E-state index contributed by atoms with van der Waals surface area (Å²) in [5.41, 5.74) is 8.20. The average Bonchev–Trinajstić information content (AvgIpc) is 3.16. The van der Waals surface area contributed by atoms with Crippen molar-refractivity contribution in [2.75, 3.05) is 25.0 Å². The fourth-order valence-corrected chi connectivity index (χ4v) is 2.92. The summed E-state index contributed by atoms with van der Waals surface area (Å²) < 4.78 is 0. The molecule has 2 aliphatic rings. The average molecular weight is 400 g/mol. The van der Waals surface area contributed by atoms with E-state index in [1.165, 1.54) is 37.9 Å². The van der Waals surface area contributed by atoms with Gasteiger partial charge in [0, 0.05) is 24.8 Å². The van der Waals surface area contributed by atoms with Gasteiger partial charge in [-0.05, 0) is 56.3 Å². The van der Waals surface area contributed by atoms with Gasteiger partial charge in [0.05, 0.1) is 0 Å². The summed E-state index contributed by atoms with van der Waals surface area (Å²) in [7, 11) is 0. The Balaban J connectivity index is 0.00000161. The minimum atomic E-state index is 0. The Labute approximate surface area is 144 Å². The molecule has 3 rings (SSSR count). The topological polar surface area (TPSA) is 53.6 Å². The lowest BCUT2D eigenvalue weighted by Crippen LogP contribution is -2.25. The number of likely N-dealkylation sites (tertiary alicyclic amines) is 1. The van der Waals surface area contributed by atoms with Crippen LogP contribution in [0, 0.1) is 12.8 Å². The van der Waals surface area contributed by atoms with E-state index in [1.54, 1.807) is 0 Å². The van der Waals surface area contributed by atoms with Crippen molar-refractivity contribution in [3.05, 3.63) is 29.8 Å². The van der Waals surface area contributed by atoms with Crippen molar-refractivity contribution >= 4 is 35.6 Å². The zero-order valence-electron chi connectivity index (χ0n) is 12.6. The Kier molecular flexibility index (Phi) is 5.87. The molecule has 2 fully saturated rings. The summed E-state index contributed by atoms with van der Waals surface area (Å²) >= 11 is 0. The third kappa shape index (κ3) is 4.85. The molecule has 0 bridgehead atoms. The lowest BCUT2D eigenvalue weighted by Gasteiger charge is -2.13. The number of guanidine groups is 1. The predicted octanol–water partition coefficient (Wildman–Crippen LogP) is 2.82. The molecular formula is C16H25IN4. The number of nitrogens with two attached hydrogens (primary N) is 1. The normalized spacial score (nSPS) is 22.9. The Morgan fingerprint density at radius 1 is 1.38 bits per heavy atom. The summed E-state index contributed by atoms with van der Waals surface area (Å²) in [5.74, 6) is 1.20. The minimum Gasteiger partial charge on any atom is -0.370 e. The molecule has 3 N–H and O–H groups in total. The maximum atomic E-state index is 5.97. The van der Waals surface area contributed by atoms with E-state index in [0.29, 0.717) is 11.9 Å². The van der Waals surface area contributed by atoms with Gasteiger partial charge < -0.3 is 16.0 Å². The first-order chi connectivity index (χ1) is 9.70. The van der Waals surface area contributed by atoms with Crippen LogP contribution >= 0.6 is 24.0 Å². The molecule has 1 atom stereocenters. The van der Waals surface area contributed by atoms with E-state index in [-0.39, 0.29) is 24.0 Å². The van der Waals surface area contributed by atoms with E-state index in [0.717, 1.165) is 18.3 Å². The quantitative estimate of drug-likeness (QED) is 0.464. The monoisotopic (exact) mass is 400 g/mol. The van der Waals surface area contributed by atoms with Gasteiger partial charge in [0.1, 0.15) is 0 Å². The van der Waals surface area contributed by atoms with Gasteiger partial charge in [0.15, 0.2) is 5.96 Å². The van der Waals surface area contributed by atoms with Crippen LogP contribution in [-0.2, 0) is 0 Å². The first kappa shape index (κ1) is 16.5. The Hall–Kier alpha value is -0.820. The fourth-order valence-electron chi connectivity index (χ4n) is 2.92. The number of nitrogens with one attached hydrogen (secondary N) is 1. The van der Waals surface area contributed by atoms with Gasteiger partial charge in [0.2, 0.25) is 0 Å². The molecule has 1 aliphatic heterocycles. The Morgan fingerprint density at radius 2 is 2.19 bits per heavy atom. The maximum absolute atomic E-state index is 5.97. The fraction of sp³-hybridized carbons (Fsp3) is 0.562. The molecule has 5 heteroatoms. The van der Waals surface area contributed by atoms with Crippen LogP contribution in [0.5, 0.6) is 0 Å². The van der Waals surface area contributed by atoms with Crippen LogP contribution in [0.15, 0.2) is 29.3 Å². The number of aryl methyl sites for hydroxylation is 1. The Bertz CT molecular complexity index is 499. The molecule has 116 valence electrons. The van der Waals surface area contributed by atoms with Crippen molar-refractivity contribution in [1.82, 2.24) is 4.90 Å². The number of nitrogens with zero attached hydrogens (tertiary/aromatic N) is 2. The number of halogens is 1. The molecule has 0 amide bonds. The molecule has 4 nitrogen and oxygen atoms in total.